The number of aliphatic hydroxyl groups excluding tert-OH is 2. The van der Waals surface area contributed by atoms with Gasteiger partial charge in [0, 0.05) is 13.1 Å². The summed E-state index contributed by atoms with van der Waals surface area (Å²) >= 11 is 0. The molecule has 16 heavy (non-hydrogen) atoms. The molecule has 0 heterocycles. The van der Waals surface area contributed by atoms with Gasteiger partial charge >= 0.3 is 0 Å². The molecule has 1 aromatic rings. The van der Waals surface area contributed by atoms with Crippen molar-refractivity contribution in [1.29, 1.82) is 0 Å². The van der Waals surface area contributed by atoms with E-state index in [-0.39, 0.29) is 6.61 Å². The first-order valence-electron chi connectivity index (χ1n) is 5.44. The zero-order valence-electron chi connectivity index (χ0n) is 9.30. The van der Waals surface area contributed by atoms with Crippen molar-refractivity contribution in [3.05, 3.63) is 35.9 Å². The minimum Gasteiger partial charge on any atom is -0.395 e. The van der Waals surface area contributed by atoms with Crippen LogP contribution in [0.15, 0.2) is 30.3 Å². The first kappa shape index (κ1) is 13.1. The van der Waals surface area contributed by atoms with Crippen molar-refractivity contribution in [2.45, 2.75) is 12.7 Å². The van der Waals surface area contributed by atoms with Crippen molar-refractivity contribution in [2.24, 2.45) is 0 Å². The van der Waals surface area contributed by atoms with Gasteiger partial charge in [-0.15, -0.1) is 0 Å². The number of nitrogens with one attached hydrogen (secondary N) is 1. The van der Waals surface area contributed by atoms with E-state index in [2.05, 4.69) is 5.32 Å². The normalized spacial score (nSPS) is 12.6. The van der Waals surface area contributed by atoms with E-state index < -0.39 is 6.10 Å². The standard InChI is InChI=1S/C12H19NO3/c14-7-6-13-8-12(15)10-16-9-11-4-2-1-3-5-11/h1-5,12-15H,6-10H2/t12-/m0/s1. The monoisotopic (exact) mass is 225 g/mol. The van der Waals surface area contributed by atoms with Crippen molar-refractivity contribution < 1.29 is 14.9 Å². The molecule has 0 unspecified atom stereocenters. The Morgan fingerprint density at radius 3 is 2.69 bits per heavy atom. The summed E-state index contributed by atoms with van der Waals surface area (Å²) in [5.74, 6) is 0. The van der Waals surface area contributed by atoms with Gasteiger partial charge in [-0.2, -0.15) is 0 Å². The quantitative estimate of drug-likeness (QED) is 0.551. The van der Waals surface area contributed by atoms with Crippen molar-refractivity contribution in [3.8, 4) is 0 Å². The molecule has 0 spiro atoms. The van der Waals surface area contributed by atoms with Crippen molar-refractivity contribution >= 4 is 0 Å². The van der Waals surface area contributed by atoms with Gasteiger partial charge in [0.05, 0.1) is 25.9 Å². The van der Waals surface area contributed by atoms with Crippen molar-refractivity contribution in [3.63, 3.8) is 0 Å². The number of hydrogen-bond acceptors (Lipinski definition) is 4. The third kappa shape index (κ3) is 5.82. The fraction of sp³-hybridized carbons (Fsp3) is 0.500. The van der Waals surface area contributed by atoms with E-state index in [4.69, 9.17) is 9.84 Å². The van der Waals surface area contributed by atoms with Crippen LogP contribution in [0.4, 0.5) is 0 Å². The molecule has 0 aliphatic carbocycles. The maximum atomic E-state index is 9.48. The third-order valence-corrected chi connectivity index (χ3v) is 2.09. The number of aliphatic hydroxyl groups is 2. The Balaban J connectivity index is 2.06. The molecule has 0 saturated heterocycles. The number of rotatable bonds is 8. The Morgan fingerprint density at radius 2 is 2.00 bits per heavy atom. The lowest BCUT2D eigenvalue weighted by Gasteiger charge is -2.11. The van der Waals surface area contributed by atoms with Gasteiger partial charge in [0.25, 0.3) is 0 Å². The summed E-state index contributed by atoms with van der Waals surface area (Å²) in [6.45, 7) is 1.83. The minimum atomic E-state index is -0.532. The molecule has 4 nitrogen and oxygen atoms in total. The SMILES string of the molecule is OCCNC[C@H](O)COCc1ccccc1. The van der Waals surface area contributed by atoms with Gasteiger partial charge in [0.1, 0.15) is 0 Å². The Hall–Kier alpha value is -0.940. The van der Waals surface area contributed by atoms with Crippen LogP contribution in [0.25, 0.3) is 0 Å². The lowest BCUT2D eigenvalue weighted by atomic mass is 10.2. The molecule has 0 aliphatic rings. The Bertz CT molecular complexity index is 266. The largest absolute Gasteiger partial charge is 0.395 e. The van der Waals surface area contributed by atoms with Crippen LogP contribution in [0.5, 0.6) is 0 Å². The number of ether oxygens (including phenoxy) is 1. The second-order valence-corrected chi connectivity index (χ2v) is 3.58. The first-order chi connectivity index (χ1) is 7.83. The topological polar surface area (TPSA) is 61.7 Å². The molecule has 0 aliphatic heterocycles. The molecule has 1 rings (SSSR count). The number of hydrogen-bond donors (Lipinski definition) is 3. The zero-order valence-corrected chi connectivity index (χ0v) is 9.30. The zero-order chi connectivity index (χ0) is 11.6. The average Bonchev–Trinajstić information content (AvgIpc) is 2.31. The molecule has 0 bridgehead atoms. The molecule has 1 aromatic carbocycles. The fourth-order valence-corrected chi connectivity index (χ4v) is 1.29. The smallest absolute Gasteiger partial charge is 0.0897 e. The van der Waals surface area contributed by atoms with E-state index in [1.165, 1.54) is 0 Å². The molecule has 0 fully saturated rings. The maximum Gasteiger partial charge on any atom is 0.0897 e. The molecule has 1 atom stereocenters. The van der Waals surface area contributed by atoms with Crippen molar-refractivity contribution in [1.82, 2.24) is 5.32 Å². The average molecular weight is 225 g/mol. The Labute approximate surface area is 95.9 Å². The number of benzene rings is 1. The van der Waals surface area contributed by atoms with Crippen LogP contribution < -0.4 is 5.32 Å². The molecular formula is C12H19NO3. The van der Waals surface area contributed by atoms with Gasteiger partial charge in [0.2, 0.25) is 0 Å². The van der Waals surface area contributed by atoms with Crippen LogP contribution in [-0.4, -0.2) is 42.6 Å². The van der Waals surface area contributed by atoms with Gasteiger partial charge in [-0.25, -0.2) is 0 Å². The second kappa shape index (κ2) is 8.24. The third-order valence-electron chi connectivity index (χ3n) is 2.09. The fourth-order valence-electron chi connectivity index (χ4n) is 1.29. The van der Waals surface area contributed by atoms with Gasteiger partial charge in [0.15, 0.2) is 0 Å². The summed E-state index contributed by atoms with van der Waals surface area (Å²) in [6.07, 6.45) is -0.532. The summed E-state index contributed by atoms with van der Waals surface area (Å²) in [7, 11) is 0. The summed E-state index contributed by atoms with van der Waals surface area (Å²) in [5.41, 5.74) is 1.10. The predicted molar refractivity (Wildman–Crippen MR) is 62.1 cm³/mol. The van der Waals surface area contributed by atoms with Gasteiger partial charge in [-0.3, -0.25) is 0 Å². The molecular weight excluding hydrogens is 206 g/mol. The lowest BCUT2D eigenvalue weighted by Crippen LogP contribution is -2.32. The highest BCUT2D eigenvalue weighted by atomic mass is 16.5. The molecule has 0 aromatic heterocycles. The second-order valence-electron chi connectivity index (χ2n) is 3.58. The summed E-state index contributed by atoms with van der Waals surface area (Å²) in [6, 6.07) is 9.83. The first-order valence-corrected chi connectivity index (χ1v) is 5.44. The maximum absolute atomic E-state index is 9.48. The Kier molecular flexibility index (Phi) is 6.76. The highest BCUT2D eigenvalue weighted by molar-refractivity contribution is 5.13. The predicted octanol–water partition coefficient (Wildman–Crippen LogP) is 0.146. The van der Waals surface area contributed by atoms with Gasteiger partial charge in [-0.05, 0) is 5.56 Å². The van der Waals surface area contributed by atoms with Gasteiger partial charge in [-0.1, -0.05) is 30.3 Å². The summed E-state index contributed by atoms with van der Waals surface area (Å²) in [5, 5.41) is 20.9. The van der Waals surface area contributed by atoms with Crippen LogP contribution in [-0.2, 0) is 11.3 Å². The molecule has 0 radical (unpaired) electrons. The molecule has 0 saturated carbocycles. The van der Waals surface area contributed by atoms with E-state index in [1.54, 1.807) is 0 Å². The van der Waals surface area contributed by atoms with Crippen LogP contribution in [0.2, 0.25) is 0 Å². The Morgan fingerprint density at radius 1 is 1.25 bits per heavy atom. The van der Waals surface area contributed by atoms with Gasteiger partial charge < -0.3 is 20.3 Å². The highest BCUT2D eigenvalue weighted by Crippen LogP contribution is 2.00. The van der Waals surface area contributed by atoms with Crippen LogP contribution >= 0.6 is 0 Å². The minimum absolute atomic E-state index is 0.0809. The summed E-state index contributed by atoms with van der Waals surface area (Å²) in [4.78, 5) is 0. The van der Waals surface area contributed by atoms with Crippen LogP contribution in [0.1, 0.15) is 5.56 Å². The van der Waals surface area contributed by atoms with E-state index in [9.17, 15) is 5.11 Å². The van der Waals surface area contributed by atoms with E-state index in [0.717, 1.165) is 5.56 Å². The van der Waals surface area contributed by atoms with E-state index in [0.29, 0.717) is 26.3 Å². The van der Waals surface area contributed by atoms with E-state index in [1.807, 2.05) is 30.3 Å². The van der Waals surface area contributed by atoms with Crippen LogP contribution in [0.3, 0.4) is 0 Å². The summed E-state index contributed by atoms with van der Waals surface area (Å²) < 4.78 is 5.36. The van der Waals surface area contributed by atoms with E-state index >= 15 is 0 Å². The lowest BCUT2D eigenvalue weighted by molar-refractivity contribution is 0.0285. The molecule has 3 N–H and O–H groups in total. The molecule has 0 amide bonds. The van der Waals surface area contributed by atoms with Crippen LogP contribution in [0, 0.1) is 0 Å². The molecule has 4 heteroatoms. The highest BCUT2D eigenvalue weighted by Gasteiger charge is 2.03. The molecule has 90 valence electrons. The van der Waals surface area contributed by atoms with Crippen molar-refractivity contribution in [2.75, 3.05) is 26.3 Å².